The maximum atomic E-state index is 11.5. The van der Waals surface area contributed by atoms with E-state index in [1.165, 1.54) is 0 Å². The highest BCUT2D eigenvalue weighted by Gasteiger charge is 2.28. The van der Waals surface area contributed by atoms with Crippen LogP contribution in [0.25, 0.3) is 0 Å². The van der Waals surface area contributed by atoms with Gasteiger partial charge in [-0.15, -0.1) is 0 Å². The number of nitrogens with zero attached hydrogens (tertiary/aromatic N) is 1. The van der Waals surface area contributed by atoms with E-state index in [-0.39, 0.29) is 6.04 Å². The van der Waals surface area contributed by atoms with Crippen molar-refractivity contribution < 1.29 is 9.90 Å². The van der Waals surface area contributed by atoms with Crippen LogP contribution in [0.1, 0.15) is 38.8 Å². The first-order chi connectivity index (χ1) is 8.11. The van der Waals surface area contributed by atoms with Gasteiger partial charge < -0.3 is 5.11 Å². The SMILES string of the molecule is CCC(C)N(CC)C(C(=O)O)c1ccccc1. The number of hydrogen-bond acceptors (Lipinski definition) is 2. The van der Waals surface area contributed by atoms with Gasteiger partial charge in [0.05, 0.1) is 0 Å². The normalized spacial score (nSPS) is 14.6. The molecule has 0 heterocycles. The number of benzene rings is 1. The standard InChI is InChI=1S/C14H21NO2/c1-4-11(3)15(5-2)13(14(16)17)12-9-7-6-8-10-12/h6-11,13H,4-5H2,1-3H3,(H,16,17). The van der Waals surface area contributed by atoms with E-state index >= 15 is 0 Å². The fourth-order valence-electron chi connectivity index (χ4n) is 2.09. The monoisotopic (exact) mass is 235 g/mol. The zero-order valence-electron chi connectivity index (χ0n) is 10.8. The van der Waals surface area contributed by atoms with Crippen LogP contribution >= 0.6 is 0 Å². The topological polar surface area (TPSA) is 40.5 Å². The molecule has 1 aromatic rings. The predicted octanol–water partition coefficient (Wildman–Crippen LogP) is 2.93. The summed E-state index contributed by atoms with van der Waals surface area (Å²) in [6.07, 6.45) is 0.949. The van der Waals surface area contributed by atoms with Crippen LogP contribution in [-0.2, 0) is 4.79 Å². The summed E-state index contributed by atoms with van der Waals surface area (Å²) >= 11 is 0. The average molecular weight is 235 g/mol. The second kappa shape index (κ2) is 6.40. The quantitative estimate of drug-likeness (QED) is 0.824. The van der Waals surface area contributed by atoms with Crippen molar-refractivity contribution in [2.45, 2.75) is 39.3 Å². The van der Waals surface area contributed by atoms with Crippen molar-refractivity contribution in [3.63, 3.8) is 0 Å². The summed E-state index contributed by atoms with van der Waals surface area (Å²) < 4.78 is 0. The van der Waals surface area contributed by atoms with Crippen molar-refractivity contribution in [2.24, 2.45) is 0 Å². The number of carboxylic acid groups (broad SMARTS) is 1. The highest BCUT2D eigenvalue weighted by Crippen LogP contribution is 2.23. The van der Waals surface area contributed by atoms with Crippen molar-refractivity contribution in [3.05, 3.63) is 35.9 Å². The van der Waals surface area contributed by atoms with Crippen LogP contribution in [0.2, 0.25) is 0 Å². The van der Waals surface area contributed by atoms with Crippen LogP contribution in [0.4, 0.5) is 0 Å². The summed E-state index contributed by atoms with van der Waals surface area (Å²) in [6, 6.07) is 9.15. The molecule has 0 aromatic heterocycles. The maximum absolute atomic E-state index is 11.5. The zero-order chi connectivity index (χ0) is 12.8. The van der Waals surface area contributed by atoms with Crippen LogP contribution in [0.15, 0.2) is 30.3 Å². The molecule has 17 heavy (non-hydrogen) atoms. The molecule has 0 radical (unpaired) electrons. The molecule has 3 heteroatoms. The van der Waals surface area contributed by atoms with Crippen LogP contribution in [-0.4, -0.2) is 28.6 Å². The summed E-state index contributed by atoms with van der Waals surface area (Å²) in [7, 11) is 0. The van der Waals surface area contributed by atoms with Gasteiger partial charge in [-0.2, -0.15) is 0 Å². The summed E-state index contributed by atoms with van der Waals surface area (Å²) in [5.41, 5.74) is 0.849. The highest BCUT2D eigenvalue weighted by atomic mass is 16.4. The van der Waals surface area contributed by atoms with E-state index in [9.17, 15) is 9.90 Å². The minimum Gasteiger partial charge on any atom is -0.480 e. The third-order valence-electron chi connectivity index (χ3n) is 3.20. The number of aliphatic carboxylic acids is 1. The lowest BCUT2D eigenvalue weighted by atomic mass is 10.0. The van der Waals surface area contributed by atoms with E-state index in [1.54, 1.807) is 0 Å². The molecule has 0 spiro atoms. The molecule has 0 aliphatic rings. The minimum atomic E-state index is -0.779. The van der Waals surface area contributed by atoms with Gasteiger partial charge >= 0.3 is 5.97 Å². The Bertz CT molecular complexity index is 350. The molecule has 0 saturated heterocycles. The van der Waals surface area contributed by atoms with Crippen molar-refractivity contribution in [3.8, 4) is 0 Å². The van der Waals surface area contributed by atoms with Gasteiger partial charge in [0.25, 0.3) is 0 Å². The van der Waals surface area contributed by atoms with Gasteiger partial charge in [-0.05, 0) is 25.5 Å². The summed E-state index contributed by atoms with van der Waals surface area (Å²) in [4.78, 5) is 13.5. The van der Waals surface area contributed by atoms with E-state index in [4.69, 9.17) is 0 Å². The summed E-state index contributed by atoms with van der Waals surface area (Å²) in [5, 5.41) is 9.43. The largest absolute Gasteiger partial charge is 0.480 e. The van der Waals surface area contributed by atoms with Crippen molar-refractivity contribution in [2.75, 3.05) is 6.54 Å². The number of hydrogen-bond donors (Lipinski definition) is 1. The molecule has 0 aliphatic carbocycles. The molecule has 0 fully saturated rings. The second-order valence-electron chi connectivity index (χ2n) is 4.24. The molecule has 1 rings (SSSR count). The number of carbonyl (C=O) groups is 1. The Balaban J connectivity index is 3.04. The molecule has 0 amide bonds. The molecule has 94 valence electrons. The Morgan fingerprint density at radius 1 is 1.29 bits per heavy atom. The smallest absolute Gasteiger partial charge is 0.325 e. The van der Waals surface area contributed by atoms with Gasteiger partial charge in [0, 0.05) is 6.04 Å². The Labute approximate surface area is 103 Å². The molecule has 1 N–H and O–H groups in total. The fourth-order valence-corrected chi connectivity index (χ4v) is 2.09. The Hall–Kier alpha value is -1.35. The molecule has 2 atom stereocenters. The first-order valence-corrected chi connectivity index (χ1v) is 6.15. The Kier molecular flexibility index (Phi) is 5.16. The Morgan fingerprint density at radius 3 is 2.29 bits per heavy atom. The van der Waals surface area contributed by atoms with E-state index in [2.05, 4.69) is 13.8 Å². The van der Waals surface area contributed by atoms with Crippen molar-refractivity contribution in [1.29, 1.82) is 0 Å². The number of likely N-dealkylation sites (N-methyl/N-ethyl adjacent to an activating group) is 1. The first kappa shape index (κ1) is 13.7. The average Bonchev–Trinajstić information content (AvgIpc) is 2.35. The lowest BCUT2D eigenvalue weighted by Crippen LogP contribution is -2.40. The summed E-state index contributed by atoms with van der Waals surface area (Å²) in [6.45, 7) is 6.89. The van der Waals surface area contributed by atoms with E-state index in [0.717, 1.165) is 18.5 Å². The van der Waals surface area contributed by atoms with Gasteiger partial charge in [-0.1, -0.05) is 44.2 Å². The maximum Gasteiger partial charge on any atom is 0.325 e. The fraction of sp³-hybridized carbons (Fsp3) is 0.500. The zero-order valence-corrected chi connectivity index (χ0v) is 10.8. The number of carboxylic acids is 1. The molecule has 2 unspecified atom stereocenters. The molecule has 1 aromatic carbocycles. The third-order valence-corrected chi connectivity index (χ3v) is 3.20. The molecule has 0 aliphatic heterocycles. The predicted molar refractivity (Wildman–Crippen MR) is 69.0 cm³/mol. The van der Waals surface area contributed by atoms with Gasteiger partial charge in [0.2, 0.25) is 0 Å². The van der Waals surface area contributed by atoms with E-state index in [0.29, 0.717) is 0 Å². The molecular formula is C14H21NO2. The molecule has 3 nitrogen and oxygen atoms in total. The lowest BCUT2D eigenvalue weighted by molar-refractivity contribution is -0.144. The molecule has 0 bridgehead atoms. The Morgan fingerprint density at radius 2 is 1.88 bits per heavy atom. The van der Waals surface area contributed by atoms with Gasteiger partial charge in [0.15, 0.2) is 0 Å². The van der Waals surface area contributed by atoms with Crippen molar-refractivity contribution in [1.82, 2.24) is 4.90 Å². The molecular weight excluding hydrogens is 214 g/mol. The van der Waals surface area contributed by atoms with Crippen LogP contribution in [0.3, 0.4) is 0 Å². The van der Waals surface area contributed by atoms with Gasteiger partial charge in [-0.25, -0.2) is 0 Å². The van der Waals surface area contributed by atoms with Gasteiger partial charge in [-0.3, -0.25) is 9.69 Å². The van der Waals surface area contributed by atoms with E-state index < -0.39 is 12.0 Å². The molecule has 0 saturated carbocycles. The van der Waals surface area contributed by atoms with E-state index in [1.807, 2.05) is 42.2 Å². The summed E-state index contributed by atoms with van der Waals surface area (Å²) in [5.74, 6) is -0.779. The number of rotatable bonds is 6. The minimum absolute atomic E-state index is 0.265. The first-order valence-electron chi connectivity index (χ1n) is 6.15. The lowest BCUT2D eigenvalue weighted by Gasteiger charge is -2.32. The second-order valence-corrected chi connectivity index (χ2v) is 4.24. The van der Waals surface area contributed by atoms with Crippen LogP contribution in [0, 0.1) is 0 Å². The third kappa shape index (κ3) is 3.30. The van der Waals surface area contributed by atoms with Crippen molar-refractivity contribution >= 4 is 5.97 Å². The highest BCUT2D eigenvalue weighted by molar-refractivity contribution is 5.75. The van der Waals surface area contributed by atoms with Crippen LogP contribution < -0.4 is 0 Å². The van der Waals surface area contributed by atoms with Crippen LogP contribution in [0.5, 0.6) is 0 Å². The van der Waals surface area contributed by atoms with Gasteiger partial charge in [0.1, 0.15) is 6.04 Å².